The van der Waals surface area contributed by atoms with Crippen molar-refractivity contribution in [2.45, 2.75) is 20.8 Å². The molecule has 1 amide bonds. The molecule has 3 N–H and O–H groups in total. The quantitative estimate of drug-likeness (QED) is 0.791. The summed E-state index contributed by atoms with van der Waals surface area (Å²) < 4.78 is 0. The Hall–Kier alpha value is -1.58. The molecule has 4 heteroatoms. The number of nitrogens with two attached hydrogens (primary N) is 1. The molecule has 0 aliphatic carbocycles. The fraction of sp³-hybridized carbons (Fsp3) is 0.455. The Morgan fingerprint density at radius 3 is 2.53 bits per heavy atom. The highest BCUT2D eigenvalue weighted by atomic mass is 16.1. The van der Waals surface area contributed by atoms with Crippen molar-refractivity contribution in [3.8, 4) is 0 Å². The van der Waals surface area contributed by atoms with Gasteiger partial charge in [-0.3, -0.25) is 4.79 Å². The molecule has 1 heterocycles. The third-order valence-corrected chi connectivity index (χ3v) is 1.85. The minimum Gasteiger partial charge on any atom is -0.370 e. The normalized spacial score (nSPS) is 11.1. The van der Waals surface area contributed by atoms with Crippen LogP contribution in [0.15, 0.2) is 18.3 Å². The molecule has 82 valence electrons. The Labute approximate surface area is 89.9 Å². The van der Waals surface area contributed by atoms with E-state index in [0.717, 1.165) is 12.4 Å². The number of anilines is 1. The monoisotopic (exact) mass is 207 g/mol. The van der Waals surface area contributed by atoms with Crippen LogP contribution >= 0.6 is 0 Å². The van der Waals surface area contributed by atoms with Crippen LogP contribution in [0.5, 0.6) is 0 Å². The van der Waals surface area contributed by atoms with Crippen LogP contribution in [-0.4, -0.2) is 17.4 Å². The molecule has 1 rings (SSSR count). The molecular formula is C11H17N3O. The molecule has 1 aromatic rings. The minimum absolute atomic E-state index is 0.198. The van der Waals surface area contributed by atoms with Gasteiger partial charge in [-0.25, -0.2) is 4.98 Å². The molecule has 0 unspecified atom stereocenters. The molecule has 1 aromatic heterocycles. The van der Waals surface area contributed by atoms with E-state index >= 15 is 0 Å². The van der Waals surface area contributed by atoms with Gasteiger partial charge in [0, 0.05) is 12.7 Å². The lowest BCUT2D eigenvalue weighted by molar-refractivity contribution is 0.1000. The van der Waals surface area contributed by atoms with Crippen LogP contribution < -0.4 is 11.1 Å². The van der Waals surface area contributed by atoms with E-state index in [4.69, 9.17) is 5.73 Å². The highest BCUT2D eigenvalue weighted by Gasteiger charge is 2.09. The van der Waals surface area contributed by atoms with E-state index in [1.54, 1.807) is 12.1 Å². The second kappa shape index (κ2) is 4.29. The van der Waals surface area contributed by atoms with Crippen molar-refractivity contribution in [1.29, 1.82) is 0 Å². The van der Waals surface area contributed by atoms with Gasteiger partial charge in [0.05, 0.1) is 5.56 Å². The number of carbonyl (C=O) groups excluding carboxylic acids is 1. The van der Waals surface area contributed by atoms with Gasteiger partial charge in [-0.15, -0.1) is 0 Å². The van der Waals surface area contributed by atoms with Crippen molar-refractivity contribution in [1.82, 2.24) is 4.98 Å². The van der Waals surface area contributed by atoms with E-state index in [-0.39, 0.29) is 5.41 Å². The predicted octanol–water partition coefficient (Wildman–Crippen LogP) is 1.64. The van der Waals surface area contributed by atoms with E-state index in [0.29, 0.717) is 5.56 Å². The summed E-state index contributed by atoms with van der Waals surface area (Å²) in [5.41, 5.74) is 5.73. The molecule has 0 saturated carbocycles. The van der Waals surface area contributed by atoms with Crippen molar-refractivity contribution in [3.05, 3.63) is 23.9 Å². The number of amides is 1. The Balaban J connectivity index is 2.61. The lowest BCUT2D eigenvalue weighted by Gasteiger charge is -2.19. The SMILES string of the molecule is CC(C)(C)CNc1ccc(C(N)=O)cn1. The third-order valence-electron chi connectivity index (χ3n) is 1.85. The van der Waals surface area contributed by atoms with Gasteiger partial charge in [0.1, 0.15) is 5.82 Å². The van der Waals surface area contributed by atoms with E-state index in [2.05, 4.69) is 31.1 Å². The van der Waals surface area contributed by atoms with Gasteiger partial charge in [-0.05, 0) is 17.5 Å². The van der Waals surface area contributed by atoms with Crippen molar-refractivity contribution >= 4 is 11.7 Å². The first-order chi connectivity index (χ1) is 6.88. The topological polar surface area (TPSA) is 68.0 Å². The molecular weight excluding hydrogens is 190 g/mol. The summed E-state index contributed by atoms with van der Waals surface area (Å²) in [5.74, 6) is 0.305. The van der Waals surface area contributed by atoms with Gasteiger partial charge in [0.2, 0.25) is 5.91 Å². The number of nitrogens with zero attached hydrogens (tertiary/aromatic N) is 1. The Morgan fingerprint density at radius 1 is 1.47 bits per heavy atom. The van der Waals surface area contributed by atoms with Crippen LogP contribution in [-0.2, 0) is 0 Å². The summed E-state index contributed by atoms with van der Waals surface area (Å²) >= 11 is 0. The third kappa shape index (κ3) is 3.97. The number of rotatable bonds is 3. The summed E-state index contributed by atoms with van der Waals surface area (Å²) in [4.78, 5) is 14.9. The van der Waals surface area contributed by atoms with Crippen LogP contribution in [0.4, 0.5) is 5.82 Å². The molecule has 0 aliphatic rings. The number of nitrogens with one attached hydrogen (secondary N) is 1. The first kappa shape index (κ1) is 11.5. The van der Waals surface area contributed by atoms with Gasteiger partial charge in [0.15, 0.2) is 0 Å². The van der Waals surface area contributed by atoms with E-state index in [9.17, 15) is 4.79 Å². The number of aromatic nitrogens is 1. The van der Waals surface area contributed by atoms with Crippen molar-refractivity contribution < 1.29 is 4.79 Å². The zero-order valence-electron chi connectivity index (χ0n) is 9.37. The standard InChI is InChI=1S/C11H17N3O/c1-11(2,3)7-14-9-5-4-8(6-13-9)10(12)15/h4-6H,7H2,1-3H3,(H2,12,15)(H,13,14). The first-order valence-electron chi connectivity index (χ1n) is 4.88. The predicted molar refractivity (Wildman–Crippen MR) is 60.7 cm³/mol. The van der Waals surface area contributed by atoms with E-state index in [1.807, 2.05) is 0 Å². The van der Waals surface area contributed by atoms with Crippen LogP contribution in [0.25, 0.3) is 0 Å². The van der Waals surface area contributed by atoms with Gasteiger partial charge < -0.3 is 11.1 Å². The lowest BCUT2D eigenvalue weighted by atomic mass is 9.97. The first-order valence-corrected chi connectivity index (χ1v) is 4.88. The van der Waals surface area contributed by atoms with Gasteiger partial charge in [0.25, 0.3) is 0 Å². The zero-order chi connectivity index (χ0) is 11.5. The number of hydrogen-bond acceptors (Lipinski definition) is 3. The molecule has 0 fully saturated rings. The zero-order valence-corrected chi connectivity index (χ0v) is 9.37. The van der Waals surface area contributed by atoms with Crippen LogP contribution in [0.2, 0.25) is 0 Å². The van der Waals surface area contributed by atoms with Crippen molar-refractivity contribution in [2.75, 3.05) is 11.9 Å². The molecule has 0 aliphatic heterocycles. The Morgan fingerprint density at radius 2 is 2.13 bits per heavy atom. The molecule has 0 atom stereocenters. The average molecular weight is 207 g/mol. The summed E-state index contributed by atoms with van der Waals surface area (Å²) in [6, 6.07) is 3.42. The van der Waals surface area contributed by atoms with Crippen LogP contribution in [0.3, 0.4) is 0 Å². The molecule has 0 saturated heterocycles. The second-order valence-corrected chi connectivity index (χ2v) is 4.71. The molecule has 0 aromatic carbocycles. The van der Waals surface area contributed by atoms with Gasteiger partial charge in [-0.1, -0.05) is 20.8 Å². The molecule has 15 heavy (non-hydrogen) atoms. The maximum Gasteiger partial charge on any atom is 0.250 e. The Kier molecular flexibility index (Phi) is 3.29. The van der Waals surface area contributed by atoms with Gasteiger partial charge in [-0.2, -0.15) is 0 Å². The van der Waals surface area contributed by atoms with Crippen molar-refractivity contribution in [2.24, 2.45) is 11.1 Å². The van der Waals surface area contributed by atoms with Crippen molar-refractivity contribution in [3.63, 3.8) is 0 Å². The Bertz CT molecular complexity index is 338. The number of primary amides is 1. The lowest BCUT2D eigenvalue weighted by Crippen LogP contribution is -2.19. The summed E-state index contributed by atoms with van der Waals surface area (Å²) in [6.07, 6.45) is 1.48. The summed E-state index contributed by atoms with van der Waals surface area (Å²) in [7, 11) is 0. The largest absolute Gasteiger partial charge is 0.370 e. The highest BCUT2D eigenvalue weighted by molar-refractivity contribution is 5.92. The molecule has 0 bridgehead atoms. The highest BCUT2D eigenvalue weighted by Crippen LogP contribution is 2.14. The van der Waals surface area contributed by atoms with Gasteiger partial charge >= 0.3 is 0 Å². The summed E-state index contributed by atoms with van der Waals surface area (Å²) in [5, 5.41) is 3.19. The minimum atomic E-state index is -0.454. The summed E-state index contributed by atoms with van der Waals surface area (Å²) in [6.45, 7) is 7.24. The van der Waals surface area contributed by atoms with Crippen LogP contribution in [0, 0.1) is 5.41 Å². The van der Waals surface area contributed by atoms with E-state index in [1.165, 1.54) is 6.20 Å². The fourth-order valence-electron chi connectivity index (χ4n) is 1.000. The molecule has 4 nitrogen and oxygen atoms in total. The second-order valence-electron chi connectivity index (χ2n) is 4.71. The number of hydrogen-bond donors (Lipinski definition) is 2. The van der Waals surface area contributed by atoms with Crippen LogP contribution in [0.1, 0.15) is 31.1 Å². The number of carbonyl (C=O) groups is 1. The molecule has 0 spiro atoms. The maximum absolute atomic E-state index is 10.8. The number of pyridine rings is 1. The van der Waals surface area contributed by atoms with E-state index < -0.39 is 5.91 Å². The average Bonchev–Trinajstić information content (AvgIpc) is 2.14. The molecule has 0 radical (unpaired) electrons. The maximum atomic E-state index is 10.8. The smallest absolute Gasteiger partial charge is 0.250 e. The fourth-order valence-corrected chi connectivity index (χ4v) is 1.000.